The van der Waals surface area contributed by atoms with Crippen molar-refractivity contribution < 1.29 is 9.59 Å². The SMILES string of the molecule is CCCCN(CC(=O)Nc1ncc(C)s1)C(=O)c1cc(Cl)cc(Cl)c1. The first-order valence-electron chi connectivity index (χ1n) is 7.86. The third kappa shape index (κ3) is 5.99. The van der Waals surface area contributed by atoms with E-state index in [1.165, 1.54) is 16.2 Å². The van der Waals surface area contributed by atoms with Crippen molar-refractivity contribution in [1.82, 2.24) is 9.88 Å². The maximum absolute atomic E-state index is 12.8. The number of nitrogens with zero attached hydrogens (tertiary/aromatic N) is 2. The lowest BCUT2D eigenvalue weighted by atomic mass is 10.2. The first kappa shape index (κ1) is 19.7. The normalized spacial score (nSPS) is 10.6. The topological polar surface area (TPSA) is 62.3 Å². The molecule has 134 valence electrons. The van der Waals surface area contributed by atoms with Crippen LogP contribution in [-0.4, -0.2) is 34.8 Å². The van der Waals surface area contributed by atoms with Gasteiger partial charge in [-0.1, -0.05) is 36.5 Å². The number of thiazole rings is 1. The van der Waals surface area contributed by atoms with Crippen molar-refractivity contribution in [2.24, 2.45) is 0 Å². The maximum Gasteiger partial charge on any atom is 0.254 e. The summed E-state index contributed by atoms with van der Waals surface area (Å²) in [5.74, 6) is -0.560. The molecule has 0 radical (unpaired) electrons. The van der Waals surface area contributed by atoms with Crippen molar-refractivity contribution in [1.29, 1.82) is 0 Å². The molecule has 0 aliphatic heterocycles. The molecule has 1 aromatic heterocycles. The average molecular weight is 400 g/mol. The minimum atomic E-state index is -0.285. The van der Waals surface area contributed by atoms with Gasteiger partial charge < -0.3 is 10.2 Å². The van der Waals surface area contributed by atoms with Crippen LogP contribution in [0.3, 0.4) is 0 Å². The molecule has 1 aromatic carbocycles. The van der Waals surface area contributed by atoms with E-state index in [-0.39, 0.29) is 18.4 Å². The molecule has 0 spiro atoms. The highest BCUT2D eigenvalue weighted by Gasteiger charge is 2.20. The Hall–Kier alpha value is -1.63. The van der Waals surface area contributed by atoms with Crippen molar-refractivity contribution in [2.75, 3.05) is 18.4 Å². The highest BCUT2D eigenvalue weighted by atomic mass is 35.5. The summed E-state index contributed by atoms with van der Waals surface area (Å²) in [5.41, 5.74) is 0.367. The summed E-state index contributed by atoms with van der Waals surface area (Å²) < 4.78 is 0. The largest absolute Gasteiger partial charge is 0.329 e. The van der Waals surface area contributed by atoms with E-state index in [0.717, 1.165) is 17.7 Å². The fourth-order valence-electron chi connectivity index (χ4n) is 2.21. The molecule has 0 bridgehead atoms. The summed E-state index contributed by atoms with van der Waals surface area (Å²) in [5, 5.41) is 4.01. The Morgan fingerprint density at radius 2 is 1.92 bits per heavy atom. The maximum atomic E-state index is 12.8. The third-order valence-electron chi connectivity index (χ3n) is 3.38. The van der Waals surface area contributed by atoms with Gasteiger partial charge in [0.15, 0.2) is 5.13 Å². The Balaban J connectivity index is 2.11. The van der Waals surface area contributed by atoms with E-state index < -0.39 is 0 Å². The Kier molecular flexibility index (Phi) is 7.23. The molecular formula is C17H19Cl2N3O2S. The van der Waals surface area contributed by atoms with Gasteiger partial charge in [-0.15, -0.1) is 11.3 Å². The molecule has 0 saturated heterocycles. The summed E-state index contributed by atoms with van der Waals surface area (Å²) in [4.78, 5) is 31.6. The molecule has 0 unspecified atom stereocenters. The van der Waals surface area contributed by atoms with Crippen LogP contribution in [0.4, 0.5) is 5.13 Å². The second-order valence-electron chi connectivity index (χ2n) is 5.56. The first-order valence-corrected chi connectivity index (χ1v) is 9.44. The monoisotopic (exact) mass is 399 g/mol. The van der Waals surface area contributed by atoms with Gasteiger partial charge in [-0.05, 0) is 31.5 Å². The molecule has 1 N–H and O–H groups in total. The zero-order valence-electron chi connectivity index (χ0n) is 14.0. The van der Waals surface area contributed by atoms with Crippen LogP contribution in [0.5, 0.6) is 0 Å². The predicted molar refractivity (Wildman–Crippen MR) is 103 cm³/mol. The lowest BCUT2D eigenvalue weighted by Gasteiger charge is -2.22. The lowest BCUT2D eigenvalue weighted by Crippen LogP contribution is -2.38. The Morgan fingerprint density at radius 3 is 2.48 bits per heavy atom. The number of nitrogens with one attached hydrogen (secondary N) is 1. The van der Waals surface area contributed by atoms with Crippen LogP contribution < -0.4 is 5.32 Å². The molecule has 0 saturated carbocycles. The van der Waals surface area contributed by atoms with Crippen molar-refractivity contribution in [2.45, 2.75) is 26.7 Å². The Bertz CT molecular complexity index is 744. The fourth-order valence-corrected chi connectivity index (χ4v) is 3.41. The van der Waals surface area contributed by atoms with Gasteiger partial charge >= 0.3 is 0 Å². The quantitative estimate of drug-likeness (QED) is 0.737. The molecule has 0 atom stereocenters. The molecule has 2 amide bonds. The summed E-state index contributed by atoms with van der Waals surface area (Å²) in [7, 11) is 0. The number of hydrogen-bond donors (Lipinski definition) is 1. The highest BCUT2D eigenvalue weighted by molar-refractivity contribution is 7.15. The summed E-state index contributed by atoms with van der Waals surface area (Å²) in [6.07, 6.45) is 3.39. The zero-order valence-corrected chi connectivity index (χ0v) is 16.3. The molecule has 2 rings (SSSR count). The predicted octanol–water partition coefficient (Wildman–Crippen LogP) is 4.64. The molecule has 1 heterocycles. The number of amides is 2. The molecule has 0 aliphatic rings. The van der Waals surface area contributed by atoms with Gasteiger partial charge in [0.25, 0.3) is 5.91 Å². The molecule has 0 aliphatic carbocycles. The van der Waals surface area contributed by atoms with Crippen LogP contribution in [0.25, 0.3) is 0 Å². The Labute approximate surface area is 161 Å². The van der Waals surface area contributed by atoms with E-state index in [1.807, 2.05) is 13.8 Å². The van der Waals surface area contributed by atoms with Crippen LogP contribution in [0.15, 0.2) is 24.4 Å². The van der Waals surface area contributed by atoms with E-state index in [4.69, 9.17) is 23.2 Å². The number of carbonyl (C=O) groups excluding carboxylic acids is 2. The fraction of sp³-hybridized carbons (Fsp3) is 0.353. The number of rotatable bonds is 7. The van der Waals surface area contributed by atoms with Crippen LogP contribution in [0.1, 0.15) is 35.0 Å². The van der Waals surface area contributed by atoms with E-state index >= 15 is 0 Å². The standard InChI is InChI=1S/C17H19Cl2N3O2S/c1-3-4-5-22(10-15(23)21-17-20-9-11(2)25-17)16(24)12-6-13(18)8-14(19)7-12/h6-9H,3-5,10H2,1-2H3,(H,20,21,23). The van der Waals surface area contributed by atoms with Crippen molar-refractivity contribution >= 4 is 51.5 Å². The van der Waals surface area contributed by atoms with Crippen LogP contribution in [0, 0.1) is 6.92 Å². The molecule has 0 fully saturated rings. The van der Waals surface area contributed by atoms with Crippen LogP contribution >= 0.6 is 34.5 Å². The van der Waals surface area contributed by atoms with E-state index in [0.29, 0.717) is 27.3 Å². The summed E-state index contributed by atoms with van der Waals surface area (Å²) in [6, 6.07) is 4.67. The first-order chi connectivity index (χ1) is 11.9. The summed E-state index contributed by atoms with van der Waals surface area (Å²) in [6.45, 7) is 4.36. The van der Waals surface area contributed by atoms with Gasteiger partial charge in [0, 0.05) is 33.2 Å². The zero-order chi connectivity index (χ0) is 18.4. The van der Waals surface area contributed by atoms with Crippen LogP contribution in [-0.2, 0) is 4.79 Å². The number of anilines is 1. The highest BCUT2D eigenvalue weighted by Crippen LogP contribution is 2.21. The van der Waals surface area contributed by atoms with Crippen molar-refractivity contribution in [3.8, 4) is 0 Å². The van der Waals surface area contributed by atoms with Crippen molar-refractivity contribution in [3.05, 3.63) is 44.9 Å². The summed E-state index contributed by atoms with van der Waals surface area (Å²) >= 11 is 13.3. The van der Waals surface area contributed by atoms with Gasteiger partial charge in [-0.2, -0.15) is 0 Å². The molecule has 25 heavy (non-hydrogen) atoms. The number of halogens is 2. The van der Waals surface area contributed by atoms with Crippen LogP contribution in [0.2, 0.25) is 10.0 Å². The number of unbranched alkanes of at least 4 members (excludes halogenated alkanes) is 1. The van der Waals surface area contributed by atoms with E-state index in [9.17, 15) is 9.59 Å². The Morgan fingerprint density at radius 1 is 1.24 bits per heavy atom. The second-order valence-corrected chi connectivity index (χ2v) is 7.67. The number of hydrogen-bond acceptors (Lipinski definition) is 4. The van der Waals surface area contributed by atoms with Gasteiger partial charge in [0.05, 0.1) is 0 Å². The smallest absolute Gasteiger partial charge is 0.254 e. The molecule has 2 aromatic rings. The molecule has 5 nitrogen and oxygen atoms in total. The van der Waals surface area contributed by atoms with Crippen molar-refractivity contribution in [3.63, 3.8) is 0 Å². The number of carbonyl (C=O) groups is 2. The molecular weight excluding hydrogens is 381 g/mol. The van der Waals surface area contributed by atoms with Gasteiger partial charge in [0.1, 0.15) is 6.54 Å². The van der Waals surface area contributed by atoms with Gasteiger partial charge in [0.2, 0.25) is 5.91 Å². The number of aromatic nitrogens is 1. The second kappa shape index (κ2) is 9.17. The van der Waals surface area contributed by atoms with E-state index in [1.54, 1.807) is 24.4 Å². The lowest BCUT2D eigenvalue weighted by molar-refractivity contribution is -0.116. The minimum Gasteiger partial charge on any atom is -0.329 e. The van der Waals surface area contributed by atoms with Gasteiger partial charge in [-0.25, -0.2) is 4.98 Å². The average Bonchev–Trinajstić information content (AvgIpc) is 2.94. The molecule has 8 heteroatoms. The number of benzene rings is 1. The van der Waals surface area contributed by atoms with E-state index in [2.05, 4.69) is 10.3 Å². The van der Waals surface area contributed by atoms with Gasteiger partial charge in [-0.3, -0.25) is 9.59 Å². The third-order valence-corrected chi connectivity index (χ3v) is 4.65. The minimum absolute atomic E-state index is 0.0540. The number of aryl methyl sites for hydroxylation is 1.